The maximum Gasteiger partial charge on any atom is 0.337 e. The first kappa shape index (κ1) is 18.7. The number of aryl methyl sites for hydroxylation is 1. The number of amides is 1. The van der Waals surface area contributed by atoms with Gasteiger partial charge < -0.3 is 4.74 Å². The number of anilines is 1. The molecule has 0 spiro atoms. The van der Waals surface area contributed by atoms with Crippen molar-refractivity contribution in [2.75, 3.05) is 12.2 Å². The highest BCUT2D eigenvalue weighted by atomic mass is 32.1. The molecule has 0 radical (unpaired) electrons. The molecule has 1 aromatic heterocycles. The summed E-state index contributed by atoms with van der Waals surface area (Å²) >= 11 is 1.06. The molecule has 1 amide bonds. The summed E-state index contributed by atoms with van der Waals surface area (Å²) in [6, 6.07) is 13.3. The van der Waals surface area contributed by atoms with Crippen LogP contribution >= 0.6 is 11.3 Å². The average Bonchev–Trinajstić information content (AvgIpc) is 3.17. The van der Waals surface area contributed by atoms with Gasteiger partial charge in [0.2, 0.25) is 0 Å². The van der Waals surface area contributed by atoms with E-state index in [1.165, 1.54) is 31.4 Å². The van der Waals surface area contributed by atoms with Gasteiger partial charge in [-0.25, -0.2) is 9.18 Å². The third-order valence-corrected chi connectivity index (χ3v) is 5.09. The quantitative estimate of drug-likeness (QED) is 0.458. The molecule has 0 aliphatic carbocycles. The van der Waals surface area contributed by atoms with Crippen molar-refractivity contribution in [3.63, 3.8) is 0 Å². The molecular weight excluding hydrogens is 372 g/mol. The van der Waals surface area contributed by atoms with Crippen LogP contribution in [0.2, 0.25) is 0 Å². The van der Waals surface area contributed by atoms with Gasteiger partial charge in [-0.1, -0.05) is 22.7 Å². The van der Waals surface area contributed by atoms with Gasteiger partial charge in [0.15, 0.2) is 0 Å². The van der Waals surface area contributed by atoms with Crippen LogP contribution in [0.15, 0.2) is 54.6 Å². The zero-order chi connectivity index (χ0) is 19.6. The third kappa shape index (κ3) is 3.73. The average molecular weight is 387 g/mol. The molecule has 0 atom stereocenters. The number of nitrogens with zero attached hydrogens (tertiary/aromatic N) is 1. The van der Waals surface area contributed by atoms with Crippen LogP contribution in [0.5, 0.6) is 0 Å². The normalized spacial score (nSPS) is 10.5. The van der Waals surface area contributed by atoms with Gasteiger partial charge in [0, 0.05) is 4.88 Å². The Morgan fingerprint density at radius 1 is 1.07 bits per heavy atom. The second-order valence-corrected chi connectivity index (χ2v) is 6.81. The maximum absolute atomic E-state index is 14.4. The van der Waals surface area contributed by atoms with Crippen molar-refractivity contribution in [3.8, 4) is 10.4 Å². The van der Waals surface area contributed by atoms with E-state index >= 15 is 0 Å². The number of esters is 1. The number of carbonyl (C=O) groups excluding carboxylic acids is 2. The molecule has 3 rings (SSSR count). The molecule has 0 unspecified atom stereocenters. The van der Waals surface area contributed by atoms with E-state index in [-0.39, 0.29) is 10.00 Å². The summed E-state index contributed by atoms with van der Waals surface area (Å²) in [6.45, 7) is 1.86. The molecule has 0 saturated heterocycles. The standard InChI is InChI=1S/C20H15F2NO3S/c1-12-7-8-13(20(25)26-2)11-14(12)17-9-10-18(27-17)19(24)23(22)16-6-4-3-5-15(16)21/h3-11H,1-2H3. The predicted octanol–water partition coefficient (Wildman–Crippen LogP) is 5.18. The molecular formula is C20H15F2NO3S. The first-order valence-electron chi connectivity index (χ1n) is 7.96. The highest BCUT2D eigenvalue weighted by Crippen LogP contribution is 2.33. The molecule has 0 aliphatic heterocycles. The predicted molar refractivity (Wildman–Crippen MR) is 100 cm³/mol. The van der Waals surface area contributed by atoms with Crippen LogP contribution in [-0.2, 0) is 4.74 Å². The van der Waals surface area contributed by atoms with Gasteiger partial charge in [-0.2, -0.15) is 0 Å². The van der Waals surface area contributed by atoms with Crippen molar-refractivity contribution in [2.24, 2.45) is 0 Å². The summed E-state index contributed by atoms with van der Waals surface area (Å²) < 4.78 is 32.8. The van der Waals surface area contributed by atoms with E-state index in [9.17, 15) is 18.5 Å². The lowest BCUT2D eigenvalue weighted by Crippen LogP contribution is -2.21. The van der Waals surface area contributed by atoms with Crippen LogP contribution in [0, 0.1) is 12.7 Å². The lowest BCUT2D eigenvalue weighted by molar-refractivity contribution is 0.0600. The molecule has 2 aromatic carbocycles. The summed E-state index contributed by atoms with van der Waals surface area (Å²) in [5.74, 6) is -2.26. The molecule has 138 valence electrons. The Kier molecular flexibility index (Phi) is 5.32. The van der Waals surface area contributed by atoms with Gasteiger partial charge in [0.05, 0.1) is 17.6 Å². The zero-order valence-corrected chi connectivity index (χ0v) is 15.3. The summed E-state index contributed by atoms with van der Waals surface area (Å²) in [4.78, 5) is 24.9. The molecule has 4 nitrogen and oxygen atoms in total. The van der Waals surface area contributed by atoms with Crippen molar-refractivity contribution >= 4 is 28.9 Å². The van der Waals surface area contributed by atoms with Gasteiger partial charge in [0.1, 0.15) is 11.5 Å². The van der Waals surface area contributed by atoms with Crippen LogP contribution in [0.4, 0.5) is 14.6 Å². The van der Waals surface area contributed by atoms with E-state index in [1.54, 1.807) is 24.3 Å². The van der Waals surface area contributed by atoms with Crippen LogP contribution in [-0.4, -0.2) is 19.0 Å². The van der Waals surface area contributed by atoms with Crippen molar-refractivity contribution in [1.29, 1.82) is 0 Å². The minimum atomic E-state index is -0.960. The van der Waals surface area contributed by atoms with Gasteiger partial charge in [0.25, 0.3) is 5.91 Å². The number of carbonyl (C=O) groups is 2. The van der Waals surface area contributed by atoms with Gasteiger partial charge in [-0.15, -0.1) is 16.5 Å². The molecule has 1 heterocycles. The van der Waals surface area contributed by atoms with Crippen molar-refractivity contribution < 1.29 is 23.2 Å². The largest absolute Gasteiger partial charge is 0.465 e. The van der Waals surface area contributed by atoms with E-state index < -0.39 is 23.4 Å². The number of halogens is 2. The van der Waals surface area contributed by atoms with E-state index in [2.05, 4.69) is 0 Å². The smallest absolute Gasteiger partial charge is 0.337 e. The number of benzene rings is 2. The number of thiophene rings is 1. The molecule has 27 heavy (non-hydrogen) atoms. The van der Waals surface area contributed by atoms with E-state index in [0.29, 0.717) is 10.4 Å². The first-order valence-corrected chi connectivity index (χ1v) is 8.78. The molecule has 0 bridgehead atoms. The van der Waals surface area contributed by atoms with Crippen molar-refractivity contribution in [3.05, 3.63) is 76.4 Å². The van der Waals surface area contributed by atoms with Gasteiger partial charge in [-0.05, 0) is 54.4 Å². The second-order valence-electron chi connectivity index (χ2n) is 5.72. The highest BCUT2D eigenvalue weighted by molar-refractivity contribution is 7.17. The molecule has 3 aromatic rings. The van der Waals surface area contributed by atoms with Gasteiger partial charge >= 0.3 is 5.97 Å². The fraction of sp³-hybridized carbons (Fsp3) is 0.100. The summed E-state index contributed by atoms with van der Waals surface area (Å²) in [6.07, 6.45) is 0. The monoisotopic (exact) mass is 387 g/mol. The van der Waals surface area contributed by atoms with E-state index in [1.807, 2.05) is 6.92 Å². The molecule has 0 aliphatic rings. The first-order chi connectivity index (χ1) is 12.9. The van der Waals surface area contributed by atoms with Crippen LogP contribution in [0.25, 0.3) is 10.4 Å². The topological polar surface area (TPSA) is 46.6 Å². The third-order valence-electron chi connectivity index (χ3n) is 3.98. The van der Waals surface area contributed by atoms with E-state index in [4.69, 9.17) is 4.74 Å². The minimum Gasteiger partial charge on any atom is -0.465 e. The summed E-state index contributed by atoms with van der Waals surface area (Å²) in [5, 5.41) is -0.206. The van der Waals surface area contributed by atoms with Crippen LogP contribution in [0.3, 0.4) is 0 Å². The lowest BCUT2D eigenvalue weighted by atomic mass is 10.0. The number of para-hydroxylation sites is 1. The number of rotatable bonds is 4. The SMILES string of the molecule is COC(=O)c1ccc(C)c(-c2ccc(C(=O)N(F)c3ccccc3F)s2)c1. The van der Waals surface area contributed by atoms with Crippen LogP contribution < -0.4 is 5.12 Å². The van der Waals surface area contributed by atoms with Crippen molar-refractivity contribution in [1.82, 2.24) is 0 Å². The van der Waals surface area contributed by atoms with E-state index in [0.717, 1.165) is 28.5 Å². The Balaban J connectivity index is 1.92. The van der Waals surface area contributed by atoms with Gasteiger partial charge in [-0.3, -0.25) is 4.79 Å². The lowest BCUT2D eigenvalue weighted by Gasteiger charge is -2.11. The Morgan fingerprint density at radius 2 is 1.81 bits per heavy atom. The minimum absolute atomic E-state index is 0.110. The Hall–Kier alpha value is -3.06. The number of methoxy groups -OCH3 is 1. The Labute approximate surface area is 158 Å². The number of ether oxygens (including phenoxy) is 1. The highest BCUT2D eigenvalue weighted by Gasteiger charge is 2.22. The van der Waals surface area contributed by atoms with Crippen LogP contribution in [0.1, 0.15) is 25.6 Å². The molecule has 0 saturated carbocycles. The Bertz CT molecular complexity index is 1020. The summed E-state index contributed by atoms with van der Waals surface area (Å²) in [7, 11) is 1.29. The maximum atomic E-state index is 14.4. The second kappa shape index (κ2) is 7.67. The molecule has 0 N–H and O–H groups in total. The fourth-order valence-electron chi connectivity index (χ4n) is 2.55. The number of hydrogen-bond acceptors (Lipinski definition) is 4. The van der Waals surface area contributed by atoms with Crippen molar-refractivity contribution in [2.45, 2.75) is 6.92 Å². The molecule has 0 fully saturated rings. The number of hydrogen-bond donors (Lipinski definition) is 0. The summed E-state index contributed by atoms with van der Waals surface area (Å²) in [5.41, 5.74) is 1.55. The zero-order valence-electron chi connectivity index (χ0n) is 14.5. The Morgan fingerprint density at radius 3 is 2.52 bits per heavy atom. The fourth-order valence-corrected chi connectivity index (χ4v) is 3.55. The molecule has 7 heteroatoms.